The summed E-state index contributed by atoms with van der Waals surface area (Å²) in [4.78, 5) is 10.8. The molecular weight excluding hydrogens is 188 g/mol. The van der Waals surface area contributed by atoms with Crippen LogP contribution < -0.4 is 5.32 Å². The van der Waals surface area contributed by atoms with Crippen molar-refractivity contribution in [1.29, 1.82) is 5.26 Å². The molecule has 1 amide bonds. The van der Waals surface area contributed by atoms with Crippen molar-refractivity contribution < 1.29 is 4.79 Å². The molecule has 1 rings (SSSR count). The van der Waals surface area contributed by atoms with Gasteiger partial charge in [0, 0.05) is 6.54 Å². The molecule has 0 bridgehead atoms. The maximum atomic E-state index is 10.8. The zero-order chi connectivity index (χ0) is 11.4. The molecule has 3 heteroatoms. The fourth-order valence-electron chi connectivity index (χ4n) is 1.70. The third-order valence-electron chi connectivity index (χ3n) is 2.37. The molecular formula is C12H14N2O. The van der Waals surface area contributed by atoms with Gasteiger partial charge in [0.1, 0.15) is 0 Å². The maximum absolute atomic E-state index is 10.8. The van der Waals surface area contributed by atoms with Gasteiger partial charge < -0.3 is 5.32 Å². The van der Waals surface area contributed by atoms with Gasteiger partial charge in [0.05, 0.1) is 0 Å². The van der Waals surface area contributed by atoms with E-state index < -0.39 is 5.91 Å². The average molecular weight is 202 g/mol. The van der Waals surface area contributed by atoms with Crippen molar-refractivity contribution in [3.63, 3.8) is 0 Å². The lowest BCUT2D eigenvalue weighted by Crippen LogP contribution is -2.21. The van der Waals surface area contributed by atoms with Crippen LogP contribution in [0.3, 0.4) is 0 Å². The van der Waals surface area contributed by atoms with Gasteiger partial charge in [-0.25, -0.2) is 0 Å². The topological polar surface area (TPSA) is 52.9 Å². The van der Waals surface area contributed by atoms with Gasteiger partial charge in [0.15, 0.2) is 6.07 Å². The number of carbonyl (C=O) groups is 1. The Morgan fingerprint density at radius 2 is 1.87 bits per heavy atom. The SMILES string of the molecule is Cc1cc(C)c(CNC(=O)C#N)c(C)c1. The number of nitrogens with zero attached hydrogens (tertiary/aromatic N) is 1. The van der Waals surface area contributed by atoms with E-state index in [1.165, 1.54) is 11.6 Å². The van der Waals surface area contributed by atoms with Crippen LogP contribution in [0.25, 0.3) is 0 Å². The van der Waals surface area contributed by atoms with Crippen LogP contribution in [0.4, 0.5) is 0 Å². The highest BCUT2D eigenvalue weighted by atomic mass is 16.1. The molecule has 1 N–H and O–H groups in total. The van der Waals surface area contributed by atoms with Crippen LogP contribution in [0.5, 0.6) is 0 Å². The number of nitrogens with one attached hydrogen (secondary N) is 1. The second-order valence-electron chi connectivity index (χ2n) is 3.67. The van der Waals surface area contributed by atoms with Gasteiger partial charge in [-0.2, -0.15) is 5.26 Å². The molecule has 0 radical (unpaired) electrons. The second kappa shape index (κ2) is 4.61. The molecule has 0 saturated carbocycles. The fourth-order valence-corrected chi connectivity index (χ4v) is 1.70. The summed E-state index contributed by atoms with van der Waals surface area (Å²) in [7, 11) is 0. The van der Waals surface area contributed by atoms with E-state index in [2.05, 4.69) is 17.4 Å². The quantitative estimate of drug-likeness (QED) is 0.743. The Morgan fingerprint density at radius 1 is 1.33 bits per heavy atom. The van der Waals surface area contributed by atoms with Crippen LogP contribution in [0.2, 0.25) is 0 Å². The van der Waals surface area contributed by atoms with E-state index in [1.54, 1.807) is 0 Å². The first-order chi connectivity index (χ1) is 7.04. The molecule has 0 aromatic heterocycles. The van der Waals surface area contributed by atoms with Crippen LogP contribution in [0.1, 0.15) is 22.3 Å². The predicted octanol–water partition coefficient (Wildman–Crippen LogP) is 1.75. The van der Waals surface area contributed by atoms with E-state index in [9.17, 15) is 4.79 Å². The Kier molecular flexibility index (Phi) is 3.46. The summed E-state index contributed by atoms with van der Waals surface area (Å²) in [5, 5.41) is 10.9. The Bertz CT molecular complexity index is 407. The van der Waals surface area contributed by atoms with Gasteiger partial charge in [0.25, 0.3) is 0 Å². The van der Waals surface area contributed by atoms with Crippen LogP contribution in [-0.4, -0.2) is 5.91 Å². The van der Waals surface area contributed by atoms with Crippen LogP contribution in [0.15, 0.2) is 12.1 Å². The molecule has 0 heterocycles. The average Bonchev–Trinajstić information content (AvgIpc) is 2.15. The molecule has 78 valence electrons. The van der Waals surface area contributed by atoms with E-state index in [0.717, 1.165) is 16.7 Å². The first-order valence-corrected chi connectivity index (χ1v) is 4.79. The van der Waals surface area contributed by atoms with E-state index in [0.29, 0.717) is 6.54 Å². The molecule has 0 atom stereocenters. The predicted molar refractivity (Wildman–Crippen MR) is 58.1 cm³/mol. The summed E-state index contributed by atoms with van der Waals surface area (Å²) >= 11 is 0. The standard InChI is InChI=1S/C12H14N2O/c1-8-4-9(2)11(10(3)5-8)7-14-12(15)6-13/h4-5H,7H2,1-3H3,(H,14,15). The molecule has 1 aromatic rings. The molecule has 0 spiro atoms. The minimum atomic E-state index is -0.589. The first kappa shape index (κ1) is 11.3. The van der Waals surface area contributed by atoms with Crippen molar-refractivity contribution in [3.8, 4) is 6.07 Å². The summed E-state index contributed by atoms with van der Waals surface area (Å²) in [6, 6.07) is 5.68. The maximum Gasteiger partial charge on any atom is 0.322 e. The van der Waals surface area contributed by atoms with Gasteiger partial charge >= 0.3 is 5.91 Å². The lowest BCUT2D eigenvalue weighted by molar-refractivity contribution is -0.116. The monoisotopic (exact) mass is 202 g/mol. The molecule has 15 heavy (non-hydrogen) atoms. The van der Waals surface area contributed by atoms with Gasteiger partial charge in [0.2, 0.25) is 0 Å². The molecule has 1 aromatic carbocycles. The van der Waals surface area contributed by atoms with E-state index in [-0.39, 0.29) is 0 Å². The molecule has 0 saturated heterocycles. The second-order valence-corrected chi connectivity index (χ2v) is 3.67. The number of aryl methyl sites for hydroxylation is 3. The fraction of sp³-hybridized carbons (Fsp3) is 0.333. The van der Waals surface area contributed by atoms with Gasteiger partial charge in [-0.1, -0.05) is 17.7 Å². The number of hydrogen-bond donors (Lipinski definition) is 1. The minimum Gasteiger partial charge on any atom is -0.339 e. The highest BCUT2D eigenvalue weighted by molar-refractivity contribution is 5.91. The molecule has 0 aliphatic carbocycles. The summed E-state index contributed by atoms with van der Waals surface area (Å²) in [6.07, 6.45) is 0. The molecule has 0 unspecified atom stereocenters. The number of hydrogen-bond acceptors (Lipinski definition) is 2. The van der Waals surface area contributed by atoms with E-state index in [1.807, 2.05) is 20.8 Å². The summed E-state index contributed by atoms with van der Waals surface area (Å²) < 4.78 is 0. The van der Waals surface area contributed by atoms with E-state index >= 15 is 0 Å². The normalized spacial score (nSPS) is 9.47. The number of rotatable bonds is 2. The molecule has 0 aliphatic heterocycles. The van der Waals surface area contributed by atoms with Crippen molar-refractivity contribution in [2.45, 2.75) is 27.3 Å². The van der Waals surface area contributed by atoms with E-state index in [4.69, 9.17) is 5.26 Å². The van der Waals surface area contributed by atoms with Crippen LogP contribution in [0, 0.1) is 32.1 Å². The van der Waals surface area contributed by atoms with Crippen molar-refractivity contribution in [2.75, 3.05) is 0 Å². The van der Waals surface area contributed by atoms with Crippen molar-refractivity contribution in [3.05, 3.63) is 34.4 Å². The van der Waals surface area contributed by atoms with Gasteiger partial charge in [-0.05, 0) is 37.5 Å². The minimum absolute atomic E-state index is 0.421. The van der Waals surface area contributed by atoms with Gasteiger partial charge in [-0.15, -0.1) is 0 Å². The van der Waals surface area contributed by atoms with Crippen molar-refractivity contribution in [1.82, 2.24) is 5.32 Å². The molecule has 0 aliphatic rings. The third kappa shape index (κ3) is 2.81. The lowest BCUT2D eigenvalue weighted by atomic mass is 10.00. The van der Waals surface area contributed by atoms with Crippen LogP contribution >= 0.6 is 0 Å². The van der Waals surface area contributed by atoms with Crippen LogP contribution in [-0.2, 0) is 11.3 Å². The molecule has 3 nitrogen and oxygen atoms in total. The summed E-state index contributed by atoms with van der Waals surface area (Å²) in [5.41, 5.74) is 4.58. The number of carbonyl (C=O) groups excluding carboxylic acids is 1. The van der Waals surface area contributed by atoms with Gasteiger partial charge in [-0.3, -0.25) is 4.79 Å². The Balaban J connectivity index is 2.87. The Hall–Kier alpha value is -1.82. The summed E-state index contributed by atoms with van der Waals surface area (Å²) in [6.45, 7) is 6.48. The first-order valence-electron chi connectivity index (χ1n) is 4.79. The number of amides is 1. The third-order valence-corrected chi connectivity index (χ3v) is 2.37. The smallest absolute Gasteiger partial charge is 0.322 e. The Morgan fingerprint density at radius 3 is 2.33 bits per heavy atom. The number of nitriles is 1. The summed E-state index contributed by atoms with van der Waals surface area (Å²) in [5.74, 6) is -0.589. The zero-order valence-corrected chi connectivity index (χ0v) is 9.22. The zero-order valence-electron chi connectivity index (χ0n) is 9.22. The molecule has 0 fully saturated rings. The highest BCUT2D eigenvalue weighted by Gasteiger charge is 2.05. The number of benzene rings is 1. The largest absolute Gasteiger partial charge is 0.339 e. The Labute approximate surface area is 89.7 Å². The lowest BCUT2D eigenvalue weighted by Gasteiger charge is -2.10. The van der Waals surface area contributed by atoms with Crippen molar-refractivity contribution in [2.24, 2.45) is 0 Å². The highest BCUT2D eigenvalue weighted by Crippen LogP contribution is 2.15. The van der Waals surface area contributed by atoms with Crippen molar-refractivity contribution >= 4 is 5.91 Å².